The fourth-order valence-corrected chi connectivity index (χ4v) is 3.65. The van der Waals surface area contributed by atoms with Crippen molar-refractivity contribution in [2.45, 2.75) is 57.6 Å². The smallest absolute Gasteiger partial charge is 0.184 e. The van der Waals surface area contributed by atoms with Crippen molar-refractivity contribution in [3.63, 3.8) is 0 Å². The van der Waals surface area contributed by atoms with Gasteiger partial charge in [0.25, 0.3) is 0 Å². The maximum Gasteiger partial charge on any atom is 0.184 e. The number of methoxy groups -OCH3 is 2. The molecule has 0 aliphatic carbocycles. The second-order valence-corrected chi connectivity index (χ2v) is 16.0. The average Bonchev–Trinajstić information content (AvgIpc) is 2.37. The molecule has 3 atom stereocenters. The maximum atomic E-state index is 6.28. The Hall–Kier alpha value is -0.256. The minimum Gasteiger partial charge on any atom is -0.415 e. The molecule has 0 aromatic rings. The molecular weight excluding hydrogens is 318 g/mol. The van der Waals surface area contributed by atoms with Crippen molar-refractivity contribution in [3.8, 4) is 0 Å². The molecule has 0 saturated carbocycles. The van der Waals surface area contributed by atoms with Gasteiger partial charge < -0.3 is 23.2 Å². The van der Waals surface area contributed by atoms with Crippen LogP contribution in [0.3, 0.4) is 0 Å². The predicted octanol–water partition coefficient (Wildman–Crippen LogP) is 2.72. The molecule has 6 nitrogen and oxygen atoms in total. The van der Waals surface area contributed by atoms with E-state index in [1.165, 1.54) is 7.11 Å². The summed E-state index contributed by atoms with van der Waals surface area (Å²) >= 11 is 0. The van der Waals surface area contributed by atoms with E-state index in [1.54, 1.807) is 20.4 Å². The Balaban J connectivity index is 5.16. The summed E-state index contributed by atoms with van der Waals surface area (Å²) in [5, 5.41) is 3.79. The quantitative estimate of drug-likeness (QED) is 0.325. The first-order valence-electron chi connectivity index (χ1n) is 7.48. The van der Waals surface area contributed by atoms with Crippen LogP contribution in [0.25, 0.3) is 0 Å². The third-order valence-electron chi connectivity index (χ3n) is 2.73. The van der Waals surface area contributed by atoms with E-state index in [0.29, 0.717) is 6.61 Å². The van der Waals surface area contributed by atoms with Gasteiger partial charge in [-0.25, -0.2) is 0 Å². The summed E-state index contributed by atoms with van der Waals surface area (Å²) in [6, 6.07) is 0. The normalized spacial score (nSPS) is 17.5. The summed E-state index contributed by atoms with van der Waals surface area (Å²) in [4.78, 5) is 4.74. The lowest BCUT2D eigenvalue weighted by atomic mass is 10.1. The molecule has 0 saturated heterocycles. The molecule has 0 heterocycles. The number of hydrogen-bond donors (Lipinski definition) is 0. The summed E-state index contributed by atoms with van der Waals surface area (Å²) in [5.41, 5.74) is 0. The highest BCUT2D eigenvalue weighted by molar-refractivity contribution is 6.70. The van der Waals surface area contributed by atoms with Gasteiger partial charge in [-0.3, -0.25) is 0 Å². The van der Waals surface area contributed by atoms with Crippen LogP contribution in [-0.2, 0) is 23.2 Å². The van der Waals surface area contributed by atoms with Crippen molar-refractivity contribution in [2.75, 3.05) is 27.9 Å². The van der Waals surface area contributed by atoms with E-state index in [2.05, 4.69) is 44.4 Å². The Kier molecular flexibility index (Phi) is 9.67. The van der Waals surface area contributed by atoms with Gasteiger partial charge in [0.1, 0.15) is 19.3 Å². The molecule has 0 unspecified atom stereocenters. The first-order valence-corrected chi connectivity index (χ1v) is 14.3. The highest BCUT2D eigenvalue weighted by atomic mass is 28.4. The summed E-state index contributed by atoms with van der Waals surface area (Å²) in [6.45, 7) is 13.4. The SMILES string of the molecule is CO/N=C/[C@H](OC)[C@H](OC)[C@@H](CO[Si](C)(C)C)O[Si](C)(C)C. The third-order valence-corrected chi connectivity index (χ3v) is 4.78. The molecule has 0 fully saturated rings. The first kappa shape index (κ1) is 21.7. The molecule has 22 heavy (non-hydrogen) atoms. The zero-order valence-electron chi connectivity index (χ0n) is 15.5. The van der Waals surface area contributed by atoms with Crippen molar-refractivity contribution in [3.05, 3.63) is 0 Å². The van der Waals surface area contributed by atoms with Crippen LogP contribution in [0.2, 0.25) is 39.3 Å². The number of nitrogens with zero attached hydrogens (tertiary/aromatic N) is 1. The van der Waals surface area contributed by atoms with Gasteiger partial charge in [-0.2, -0.15) is 0 Å². The van der Waals surface area contributed by atoms with Crippen LogP contribution >= 0.6 is 0 Å². The lowest BCUT2D eigenvalue weighted by Crippen LogP contribution is -2.50. The van der Waals surface area contributed by atoms with E-state index in [9.17, 15) is 0 Å². The van der Waals surface area contributed by atoms with Crippen LogP contribution in [0.1, 0.15) is 0 Å². The highest BCUT2D eigenvalue weighted by Crippen LogP contribution is 2.18. The van der Waals surface area contributed by atoms with Gasteiger partial charge in [0.15, 0.2) is 16.6 Å². The molecule has 0 N–H and O–H groups in total. The van der Waals surface area contributed by atoms with Crippen molar-refractivity contribution in [1.82, 2.24) is 0 Å². The summed E-state index contributed by atoms with van der Waals surface area (Å²) in [7, 11) is 1.35. The van der Waals surface area contributed by atoms with Gasteiger partial charge in [-0.15, -0.1) is 0 Å². The molecule has 0 aliphatic rings. The van der Waals surface area contributed by atoms with Gasteiger partial charge in [-0.05, 0) is 39.3 Å². The number of rotatable bonds is 11. The van der Waals surface area contributed by atoms with Gasteiger partial charge in [0.05, 0.1) is 18.9 Å². The van der Waals surface area contributed by atoms with Crippen LogP contribution in [0, 0.1) is 0 Å². The monoisotopic (exact) mass is 351 g/mol. The van der Waals surface area contributed by atoms with Crippen molar-refractivity contribution in [2.24, 2.45) is 5.16 Å². The zero-order chi connectivity index (χ0) is 17.4. The number of oxime groups is 1. The molecule has 0 rings (SSSR count). The largest absolute Gasteiger partial charge is 0.415 e. The first-order chi connectivity index (χ1) is 10.0. The van der Waals surface area contributed by atoms with Gasteiger partial charge >= 0.3 is 0 Å². The van der Waals surface area contributed by atoms with Crippen LogP contribution in [0.5, 0.6) is 0 Å². The van der Waals surface area contributed by atoms with Crippen LogP contribution < -0.4 is 0 Å². The second kappa shape index (κ2) is 9.79. The van der Waals surface area contributed by atoms with E-state index >= 15 is 0 Å². The van der Waals surface area contributed by atoms with Crippen molar-refractivity contribution >= 4 is 22.8 Å². The topological polar surface area (TPSA) is 58.5 Å². The Bertz CT molecular complexity index is 328. The highest BCUT2D eigenvalue weighted by Gasteiger charge is 2.34. The van der Waals surface area contributed by atoms with Crippen LogP contribution in [0.15, 0.2) is 5.16 Å². The Morgan fingerprint density at radius 2 is 1.50 bits per heavy atom. The van der Waals surface area contributed by atoms with Crippen molar-refractivity contribution < 1.29 is 23.2 Å². The zero-order valence-corrected chi connectivity index (χ0v) is 17.5. The van der Waals surface area contributed by atoms with Gasteiger partial charge in [-0.1, -0.05) is 5.16 Å². The molecule has 132 valence electrons. The Morgan fingerprint density at radius 3 is 1.86 bits per heavy atom. The Labute approximate surface area is 137 Å². The maximum absolute atomic E-state index is 6.28. The van der Waals surface area contributed by atoms with Gasteiger partial charge in [0, 0.05) is 14.2 Å². The van der Waals surface area contributed by atoms with Crippen LogP contribution in [0.4, 0.5) is 0 Å². The minimum atomic E-state index is -1.76. The minimum absolute atomic E-state index is 0.211. The molecule has 0 amide bonds. The number of hydrogen-bond acceptors (Lipinski definition) is 6. The lowest BCUT2D eigenvalue weighted by Gasteiger charge is -2.35. The summed E-state index contributed by atoms with van der Waals surface area (Å²) in [5.74, 6) is 0. The molecule has 8 heteroatoms. The summed E-state index contributed by atoms with van der Waals surface area (Å²) in [6.07, 6.45) is 0.698. The second-order valence-electron chi connectivity index (χ2n) is 7.03. The fraction of sp³-hybridized carbons (Fsp3) is 0.929. The third kappa shape index (κ3) is 9.70. The van der Waals surface area contributed by atoms with Gasteiger partial charge in [0.2, 0.25) is 0 Å². The average molecular weight is 352 g/mol. The summed E-state index contributed by atoms with van der Waals surface area (Å²) < 4.78 is 23.4. The molecule has 0 bridgehead atoms. The predicted molar refractivity (Wildman–Crippen MR) is 94.6 cm³/mol. The Morgan fingerprint density at radius 1 is 0.909 bits per heavy atom. The molecule has 0 aromatic carbocycles. The molecule has 0 aliphatic heterocycles. The molecule has 0 aromatic heterocycles. The van der Waals surface area contributed by atoms with E-state index in [4.69, 9.17) is 23.2 Å². The van der Waals surface area contributed by atoms with E-state index in [-0.39, 0.29) is 18.3 Å². The molecular formula is C14H33NO5Si2. The fourth-order valence-electron chi connectivity index (χ4n) is 1.88. The molecule has 0 spiro atoms. The standard InChI is InChI=1S/C14H33NO5Si2/c1-16-12(10-15-18-3)14(17-2)13(20-22(7,8)9)11-19-21(4,5)6/h10,12-14H,11H2,1-9H3/b15-10+/t12-,13+,14-/m0/s1. The lowest BCUT2D eigenvalue weighted by molar-refractivity contribution is -0.0764. The number of ether oxygens (including phenoxy) is 2. The van der Waals surface area contributed by atoms with Crippen molar-refractivity contribution in [1.29, 1.82) is 0 Å². The van der Waals surface area contributed by atoms with E-state index in [1.807, 2.05) is 0 Å². The van der Waals surface area contributed by atoms with E-state index < -0.39 is 16.6 Å². The molecule has 0 radical (unpaired) electrons. The van der Waals surface area contributed by atoms with Crippen LogP contribution in [-0.4, -0.2) is 69.1 Å². The van der Waals surface area contributed by atoms with E-state index in [0.717, 1.165) is 0 Å².